The van der Waals surface area contributed by atoms with Gasteiger partial charge in [-0.05, 0) is 68.9 Å². The van der Waals surface area contributed by atoms with Gasteiger partial charge in [0.25, 0.3) is 0 Å². The topological polar surface area (TPSA) is 77.5 Å². The molecule has 0 aliphatic heterocycles. The van der Waals surface area contributed by atoms with Crippen molar-refractivity contribution in [2.45, 2.75) is 50.3 Å². The van der Waals surface area contributed by atoms with E-state index in [2.05, 4.69) is 24.3 Å². The first kappa shape index (κ1) is 23.5. The number of rotatable bonds is 8. The lowest BCUT2D eigenvalue weighted by Crippen LogP contribution is -2.35. The van der Waals surface area contributed by atoms with Gasteiger partial charge >= 0.3 is 5.97 Å². The Morgan fingerprint density at radius 1 is 1.10 bits per heavy atom. The van der Waals surface area contributed by atoms with Crippen LogP contribution in [0.15, 0.2) is 53.5 Å². The predicted octanol–water partition coefficient (Wildman–Crippen LogP) is 4.32. The molecule has 1 fully saturated rings. The summed E-state index contributed by atoms with van der Waals surface area (Å²) in [4.78, 5) is 26.2. The van der Waals surface area contributed by atoms with E-state index in [0.29, 0.717) is 17.4 Å². The summed E-state index contributed by atoms with van der Waals surface area (Å²) in [6, 6.07) is 6.58. The molecule has 1 aromatic carbocycles. The number of allylic oxidation sites excluding steroid dienone is 4. The number of carbonyl (C=O) groups is 2. The van der Waals surface area contributed by atoms with Crippen LogP contribution in [-0.4, -0.2) is 33.0 Å². The Labute approximate surface area is 185 Å². The van der Waals surface area contributed by atoms with E-state index in [4.69, 9.17) is 4.74 Å². The number of esters is 1. The Kier molecular flexibility index (Phi) is 7.87. The fourth-order valence-corrected chi connectivity index (χ4v) is 5.82. The maximum Gasteiger partial charge on any atom is 0.316 e. The summed E-state index contributed by atoms with van der Waals surface area (Å²) in [5.41, 5.74) is 0.490. The van der Waals surface area contributed by atoms with Crippen LogP contribution in [0.1, 0.15) is 44.6 Å². The first-order valence-electron chi connectivity index (χ1n) is 11.1. The van der Waals surface area contributed by atoms with Crippen molar-refractivity contribution < 1.29 is 22.7 Å². The Morgan fingerprint density at radius 2 is 1.81 bits per heavy atom. The first-order valence-corrected chi connectivity index (χ1v) is 13.0. The molecule has 3 rings (SSSR count). The van der Waals surface area contributed by atoms with Crippen molar-refractivity contribution in [3.05, 3.63) is 54.1 Å². The van der Waals surface area contributed by atoms with Gasteiger partial charge in [-0.2, -0.15) is 0 Å². The van der Waals surface area contributed by atoms with Gasteiger partial charge in [0.1, 0.15) is 5.92 Å². The number of benzene rings is 1. The molecule has 1 saturated carbocycles. The first-order chi connectivity index (χ1) is 14.8. The Morgan fingerprint density at radius 3 is 2.42 bits per heavy atom. The highest BCUT2D eigenvalue weighted by Crippen LogP contribution is 2.38. The number of sulfone groups is 1. The summed E-state index contributed by atoms with van der Waals surface area (Å²) >= 11 is 0. The highest BCUT2D eigenvalue weighted by atomic mass is 32.2. The summed E-state index contributed by atoms with van der Waals surface area (Å²) in [6.45, 7) is 1.89. The third-order valence-electron chi connectivity index (χ3n) is 6.50. The van der Waals surface area contributed by atoms with E-state index in [-0.39, 0.29) is 29.6 Å². The normalized spacial score (nSPS) is 24.5. The minimum Gasteiger partial charge on any atom is -0.465 e. The Bertz CT molecular complexity index is 952. The molecule has 0 radical (unpaired) electrons. The number of ether oxygens (including phenoxy) is 1. The van der Waals surface area contributed by atoms with Crippen LogP contribution in [0.4, 0.5) is 0 Å². The second kappa shape index (κ2) is 10.4. The summed E-state index contributed by atoms with van der Waals surface area (Å²) < 4.78 is 29.6. The van der Waals surface area contributed by atoms with Crippen LogP contribution in [0.2, 0.25) is 0 Å². The molecule has 0 N–H and O–H groups in total. The lowest BCUT2D eigenvalue weighted by Gasteiger charge is -2.33. The van der Waals surface area contributed by atoms with Crippen molar-refractivity contribution in [1.29, 1.82) is 0 Å². The lowest BCUT2D eigenvalue weighted by molar-refractivity contribution is -0.153. The minimum absolute atomic E-state index is 0.0526. The van der Waals surface area contributed by atoms with E-state index >= 15 is 0 Å². The van der Waals surface area contributed by atoms with Crippen LogP contribution < -0.4 is 0 Å². The molecule has 1 aromatic rings. The maximum atomic E-state index is 13.4. The molecular weight excluding hydrogens is 412 g/mol. The van der Waals surface area contributed by atoms with Crippen LogP contribution >= 0.6 is 0 Å². The molecule has 2 aliphatic rings. The van der Waals surface area contributed by atoms with Crippen molar-refractivity contribution in [2.24, 2.45) is 23.7 Å². The predicted molar refractivity (Wildman–Crippen MR) is 120 cm³/mol. The van der Waals surface area contributed by atoms with Crippen LogP contribution in [0.5, 0.6) is 0 Å². The van der Waals surface area contributed by atoms with Gasteiger partial charge in [0.2, 0.25) is 0 Å². The Balaban J connectivity index is 1.74. The number of ketones is 1. The van der Waals surface area contributed by atoms with Gasteiger partial charge in [-0.3, -0.25) is 9.59 Å². The lowest BCUT2D eigenvalue weighted by atomic mass is 9.71. The zero-order valence-electron chi connectivity index (χ0n) is 18.3. The number of carbonyl (C=O) groups excluding carboxylic acids is 2. The molecule has 6 heteroatoms. The van der Waals surface area contributed by atoms with E-state index < -0.39 is 21.7 Å². The van der Waals surface area contributed by atoms with E-state index in [1.807, 2.05) is 0 Å². The van der Waals surface area contributed by atoms with Crippen LogP contribution in [0.25, 0.3) is 0 Å². The van der Waals surface area contributed by atoms with Crippen molar-refractivity contribution in [3.63, 3.8) is 0 Å². The molecular formula is C25H32O5S. The summed E-state index contributed by atoms with van der Waals surface area (Å²) in [7, 11) is -3.46. The smallest absolute Gasteiger partial charge is 0.316 e. The summed E-state index contributed by atoms with van der Waals surface area (Å²) in [5.74, 6) is -0.723. The van der Waals surface area contributed by atoms with Crippen molar-refractivity contribution in [3.8, 4) is 0 Å². The van der Waals surface area contributed by atoms with E-state index in [1.165, 1.54) is 6.07 Å². The number of hydrogen-bond acceptors (Lipinski definition) is 5. The number of Topliss-reactive ketones (excluding diaryl/α,β-unsaturated/α-hetero) is 1. The van der Waals surface area contributed by atoms with Gasteiger partial charge in [-0.1, -0.05) is 42.5 Å². The SMILES string of the molecule is CCOC(=O)C(Cc1ccccc1S(C)(=O)=O)C(=O)[C@H]1CC[C@H](C2C=CC=CC2)CC1. The van der Waals surface area contributed by atoms with Crippen LogP contribution in [0, 0.1) is 23.7 Å². The number of hydrogen-bond donors (Lipinski definition) is 0. The molecule has 0 amide bonds. The zero-order chi connectivity index (χ0) is 22.4. The van der Waals surface area contributed by atoms with Crippen LogP contribution in [0.3, 0.4) is 0 Å². The van der Waals surface area contributed by atoms with Crippen molar-refractivity contribution >= 4 is 21.6 Å². The molecule has 0 heterocycles. The third-order valence-corrected chi connectivity index (χ3v) is 7.70. The van der Waals surface area contributed by atoms with E-state index in [9.17, 15) is 18.0 Å². The molecule has 2 atom stereocenters. The third kappa shape index (κ3) is 5.94. The Hall–Kier alpha value is -2.21. The average Bonchev–Trinajstić information content (AvgIpc) is 2.77. The van der Waals surface area contributed by atoms with Gasteiger partial charge in [0, 0.05) is 12.2 Å². The van der Waals surface area contributed by atoms with Crippen LogP contribution in [-0.2, 0) is 30.6 Å². The second-order valence-electron chi connectivity index (χ2n) is 8.62. The molecule has 0 aromatic heterocycles. The standard InChI is InChI=1S/C25H32O5S/c1-3-30-25(27)22(17-21-11-7-8-12-23(21)31(2,28)29)24(26)20-15-13-19(14-16-20)18-9-5-4-6-10-18/h4-9,11-12,18-20,22H,3,10,13-17H2,1-2H3/t18?,19-,20-,22?. The fraction of sp³-hybridized carbons (Fsp3) is 0.520. The van der Waals surface area contributed by atoms with E-state index in [1.54, 1.807) is 25.1 Å². The van der Waals surface area contributed by atoms with Gasteiger partial charge < -0.3 is 4.74 Å². The molecule has 168 valence electrons. The highest BCUT2D eigenvalue weighted by molar-refractivity contribution is 7.90. The molecule has 2 unspecified atom stereocenters. The van der Waals surface area contributed by atoms with Crippen molar-refractivity contribution in [1.82, 2.24) is 0 Å². The summed E-state index contributed by atoms with van der Waals surface area (Å²) in [6.07, 6.45) is 14.3. The van der Waals surface area contributed by atoms with Gasteiger partial charge in [0.15, 0.2) is 15.6 Å². The second-order valence-corrected chi connectivity index (χ2v) is 10.6. The fourth-order valence-electron chi connectivity index (χ4n) is 4.86. The largest absolute Gasteiger partial charge is 0.465 e. The summed E-state index contributed by atoms with van der Waals surface area (Å²) in [5, 5.41) is 0. The highest BCUT2D eigenvalue weighted by Gasteiger charge is 2.37. The van der Waals surface area contributed by atoms with Crippen molar-refractivity contribution in [2.75, 3.05) is 12.9 Å². The van der Waals surface area contributed by atoms with Gasteiger partial charge in [-0.15, -0.1) is 0 Å². The van der Waals surface area contributed by atoms with E-state index in [0.717, 1.165) is 38.4 Å². The molecule has 0 saturated heterocycles. The zero-order valence-corrected chi connectivity index (χ0v) is 19.1. The molecule has 0 spiro atoms. The van der Waals surface area contributed by atoms with Gasteiger partial charge in [0.05, 0.1) is 11.5 Å². The van der Waals surface area contributed by atoms with Gasteiger partial charge in [-0.25, -0.2) is 8.42 Å². The minimum atomic E-state index is -3.46. The molecule has 2 aliphatic carbocycles. The maximum absolute atomic E-state index is 13.4. The monoisotopic (exact) mass is 444 g/mol. The molecule has 5 nitrogen and oxygen atoms in total. The molecule has 31 heavy (non-hydrogen) atoms. The quantitative estimate of drug-likeness (QED) is 0.441. The average molecular weight is 445 g/mol. The molecule has 0 bridgehead atoms.